The molecule has 0 saturated carbocycles. The van der Waals surface area contributed by atoms with Gasteiger partial charge >= 0.3 is 12.4 Å². The van der Waals surface area contributed by atoms with E-state index in [0.717, 1.165) is 6.07 Å². The molecule has 2 unspecified atom stereocenters. The van der Waals surface area contributed by atoms with Gasteiger partial charge in [0.25, 0.3) is 5.60 Å². The molecule has 0 aliphatic carbocycles. The summed E-state index contributed by atoms with van der Waals surface area (Å²) in [7, 11) is -3.12. The quantitative estimate of drug-likeness (QED) is 0.383. The molecule has 1 heterocycles. The van der Waals surface area contributed by atoms with Crippen molar-refractivity contribution in [1.29, 1.82) is 4.78 Å². The molecule has 1 aliphatic heterocycles. The highest BCUT2D eigenvalue weighted by Crippen LogP contribution is 2.50. The highest BCUT2D eigenvalue weighted by Gasteiger charge is 2.62. The van der Waals surface area contributed by atoms with Crippen LogP contribution in [0.3, 0.4) is 0 Å². The fourth-order valence-corrected chi connectivity index (χ4v) is 4.81. The van der Waals surface area contributed by atoms with E-state index in [-0.39, 0.29) is 24.4 Å². The normalized spacial score (nSPS) is 20.2. The molecular weight excluding hydrogens is 539 g/mol. The third-order valence-corrected chi connectivity index (χ3v) is 7.21. The van der Waals surface area contributed by atoms with E-state index in [4.69, 9.17) is 21.2 Å². The number of oxime groups is 1. The SMILES string of the molecule is CS(=N)(=O)N(CCF)CCc1ccc(C2=NOC(c3cc(Cl)cc(C(F)(F)F)c3)(C(F)(F)F)C2)cc1. The van der Waals surface area contributed by atoms with E-state index in [1.807, 2.05) is 0 Å². The summed E-state index contributed by atoms with van der Waals surface area (Å²) >= 11 is 5.70. The number of nitrogens with zero attached hydrogens (tertiary/aromatic N) is 2. The van der Waals surface area contributed by atoms with Crippen molar-refractivity contribution >= 4 is 27.2 Å². The van der Waals surface area contributed by atoms with Gasteiger partial charge in [-0.25, -0.2) is 17.7 Å². The largest absolute Gasteiger partial charge is 0.435 e. The Labute approximate surface area is 208 Å². The highest BCUT2D eigenvalue weighted by molar-refractivity contribution is 7.89. The van der Waals surface area contributed by atoms with Crippen molar-refractivity contribution in [3.63, 3.8) is 0 Å². The van der Waals surface area contributed by atoms with Gasteiger partial charge in [0.05, 0.1) is 11.3 Å². The average Bonchev–Trinajstić information content (AvgIpc) is 3.22. The zero-order chi connectivity index (χ0) is 26.9. The molecule has 0 spiro atoms. The van der Waals surface area contributed by atoms with Crippen molar-refractivity contribution in [2.45, 2.75) is 30.8 Å². The smallest absolute Gasteiger partial charge is 0.374 e. The number of halogens is 8. The molecule has 2 atom stereocenters. The van der Waals surface area contributed by atoms with Gasteiger partial charge < -0.3 is 4.84 Å². The molecule has 36 heavy (non-hydrogen) atoms. The van der Waals surface area contributed by atoms with Gasteiger partial charge in [-0.1, -0.05) is 41.0 Å². The zero-order valence-electron chi connectivity index (χ0n) is 18.7. The summed E-state index contributed by atoms with van der Waals surface area (Å²) in [6.07, 6.45) is -9.45. The first-order valence-electron chi connectivity index (χ1n) is 10.4. The van der Waals surface area contributed by atoms with Crippen molar-refractivity contribution in [2.75, 3.05) is 26.0 Å². The molecule has 0 saturated heterocycles. The van der Waals surface area contributed by atoms with Gasteiger partial charge in [-0.05, 0) is 35.7 Å². The molecule has 0 aromatic heterocycles. The van der Waals surface area contributed by atoms with Crippen molar-refractivity contribution in [2.24, 2.45) is 5.16 Å². The molecule has 14 heteroatoms. The van der Waals surface area contributed by atoms with Crippen LogP contribution in [-0.4, -0.2) is 46.4 Å². The summed E-state index contributed by atoms with van der Waals surface area (Å²) in [6.45, 7) is -0.829. The summed E-state index contributed by atoms with van der Waals surface area (Å²) < 4.78 is 115. The second kappa shape index (κ2) is 10.2. The Balaban J connectivity index is 1.84. The minimum Gasteiger partial charge on any atom is -0.374 e. The maximum atomic E-state index is 14.2. The lowest BCUT2D eigenvalue weighted by molar-refractivity contribution is -0.276. The molecule has 198 valence electrons. The Kier molecular flexibility index (Phi) is 7.97. The third-order valence-electron chi connectivity index (χ3n) is 5.64. The first-order chi connectivity index (χ1) is 16.6. The van der Waals surface area contributed by atoms with E-state index in [2.05, 4.69) is 5.16 Å². The average molecular weight is 560 g/mol. The lowest BCUT2D eigenvalue weighted by Gasteiger charge is -2.30. The van der Waals surface area contributed by atoms with Crippen LogP contribution in [0.25, 0.3) is 0 Å². The van der Waals surface area contributed by atoms with Gasteiger partial charge in [-0.15, -0.1) is 0 Å². The number of hydrogen-bond acceptors (Lipinski definition) is 4. The summed E-state index contributed by atoms with van der Waals surface area (Å²) in [6, 6.07) is 7.72. The predicted molar refractivity (Wildman–Crippen MR) is 121 cm³/mol. The van der Waals surface area contributed by atoms with Gasteiger partial charge in [0, 0.05) is 36.4 Å². The molecule has 5 nitrogen and oxygen atoms in total. The maximum absolute atomic E-state index is 14.2. The number of rotatable bonds is 8. The molecule has 2 aromatic rings. The Hall–Kier alpha value is -2.38. The molecular formula is C22H21ClF7N3O2S. The molecule has 1 N–H and O–H groups in total. The van der Waals surface area contributed by atoms with Crippen LogP contribution in [0.4, 0.5) is 30.7 Å². The second-order valence-electron chi connectivity index (χ2n) is 8.22. The van der Waals surface area contributed by atoms with Crippen LogP contribution >= 0.6 is 11.6 Å². The minimum absolute atomic E-state index is 0.125. The Morgan fingerprint density at radius 3 is 2.28 bits per heavy atom. The van der Waals surface area contributed by atoms with E-state index < -0.39 is 57.1 Å². The van der Waals surface area contributed by atoms with Gasteiger partial charge in [-0.2, -0.15) is 26.3 Å². The van der Waals surface area contributed by atoms with Crippen molar-refractivity contribution < 1.29 is 39.8 Å². The summed E-state index contributed by atoms with van der Waals surface area (Å²) in [5.74, 6) is 0. The number of alkyl halides is 7. The standard InChI is InChI=1S/C22H21ClF7N3O2S/c1-36(31,34)33(9-7-24)8-6-14-2-4-15(5-3-14)19-13-20(35-32-19,22(28,29)30)16-10-17(21(25,26)27)12-18(23)11-16/h2-5,10-12,31H,6-9,13H2,1H3. The van der Waals surface area contributed by atoms with E-state index in [1.54, 1.807) is 12.1 Å². The van der Waals surface area contributed by atoms with Crippen LogP contribution in [-0.2, 0) is 33.0 Å². The molecule has 0 amide bonds. The summed E-state index contributed by atoms with van der Waals surface area (Å²) in [4.78, 5) is 4.80. The zero-order valence-corrected chi connectivity index (χ0v) is 20.3. The van der Waals surface area contributed by atoms with E-state index in [9.17, 15) is 34.9 Å². The van der Waals surface area contributed by atoms with E-state index in [1.165, 1.54) is 22.7 Å². The van der Waals surface area contributed by atoms with Crippen molar-refractivity contribution in [1.82, 2.24) is 4.31 Å². The molecule has 3 rings (SSSR count). The molecule has 0 fully saturated rings. The summed E-state index contributed by atoms with van der Waals surface area (Å²) in [5, 5.41) is 3.01. The van der Waals surface area contributed by atoms with E-state index >= 15 is 0 Å². The minimum atomic E-state index is -5.12. The molecule has 0 radical (unpaired) electrons. The molecule has 0 bridgehead atoms. The third kappa shape index (κ3) is 6.12. The number of nitrogens with one attached hydrogen (secondary N) is 1. The molecule has 2 aromatic carbocycles. The van der Waals surface area contributed by atoms with Crippen LogP contribution in [0.5, 0.6) is 0 Å². The second-order valence-corrected chi connectivity index (χ2v) is 10.8. The van der Waals surface area contributed by atoms with Crippen molar-refractivity contribution in [3.05, 3.63) is 69.7 Å². The maximum Gasteiger partial charge on any atom is 0.435 e. The number of hydrogen-bond donors (Lipinski definition) is 1. The monoisotopic (exact) mass is 559 g/mol. The van der Waals surface area contributed by atoms with Crippen LogP contribution in [0.1, 0.15) is 28.7 Å². The fraction of sp³-hybridized carbons (Fsp3) is 0.409. The van der Waals surface area contributed by atoms with Gasteiger partial charge in [0.15, 0.2) is 0 Å². The van der Waals surface area contributed by atoms with Crippen molar-refractivity contribution in [3.8, 4) is 0 Å². The lowest BCUT2D eigenvalue weighted by atomic mass is 9.85. The lowest BCUT2D eigenvalue weighted by Crippen LogP contribution is -2.42. The van der Waals surface area contributed by atoms with Gasteiger partial charge in [0.2, 0.25) is 0 Å². The fourth-order valence-electron chi connectivity index (χ4n) is 3.72. The predicted octanol–water partition coefficient (Wildman–Crippen LogP) is 6.35. The van der Waals surface area contributed by atoms with Crippen LogP contribution in [0.15, 0.2) is 47.6 Å². The topological polar surface area (TPSA) is 65.8 Å². The highest BCUT2D eigenvalue weighted by atomic mass is 35.5. The Morgan fingerprint density at radius 2 is 1.75 bits per heavy atom. The van der Waals surface area contributed by atoms with Crippen LogP contribution < -0.4 is 0 Å². The van der Waals surface area contributed by atoms with Gasteiger partial charge in [0.1, 0.15) is 16.6 Å². The van der Waals surface area contributed by atoms with Gasteiger partial charge in [-0.3, -0.25) is 0 Å². The van der Waals surface area contributed by atoms with E-state index in [0.29, 0.717) is 24.1 Å². The molecule has 1 aliphatic rings. The summed E-state index contributed by atoms with van der Waals surface area (Å²) in [5.41, 5.74) is -4.53. The Bertz CT molecular complexity index is 1230. The first kappa shape index (κ1) is 28.2. The first-order valence-corrected chi connectivity index (χ1v) is 12.7. The number of benzene rings is 2. The van der Waals surface area contributed by atoms with Crippen LogP contribution in [0, 0.1) is 4.78 Å². The Morgan fingerprint density at radius 1 is 1.11 bits per heavy atom. The van der Waals surface area contributed by atoms with Crippen LogP contribution in [0.2, 0.25) is 5.02 Å².